The number of carbonyl (C=O) groups excluding carboxylic acids is 6. The maximum Gasteiger partial charge on any atom is 0.255 e. The highest BCUT2D eigenvalue weighted by Gasteiger charge is 2.46. The highest BCUT2D eigenvalue weighted by molar-refractivity contribution is 6.06. The average molecular weight is 944 g/mol. The third kappa shape index (κ3) is 8.17. The van der Waals surface area contributed by atoms with Crippen LogP contribution in [-0.4, -0.2) is 104 Å². The van der Waals surface area contributed by atoms with Gasteiger partial charge in [0.25, 0.3) is 11.8 Å². The SMILES string of the molecule is O=C1CCC(N2Cc3cc(O[C@H]4CCC(c5ccc([C@H]6CCN6[C@H]6CCCC[C@H]6Oc6ccc7c(c6)CN(C6CCC(=O)NC6=O)C7=O)cc5)CC4=[N+]4CC[C@@H]4c4ccccc4)ccc3C2=O)C(=O)N1. The molecule has 360 valence electrons. The Morgan fingerprint density at radius 2 is 1.17 bits per heavy atom. The van der Waals surface area contributed by atoms with Gasteiger partial charge in [-0.2, -0.15) is 0 Å². The fourth-order valence-corrected chi connectivity index (χ4v) is 12.8. The minimum Gasteiger partial charge on any atom is -0.489 e. The largest absolute Gasteiger partial charge is 0.489 e. The summed E-state index contributed by atoms with van der Waals surface area (Å²) in [6, 6.07) is 31.1. The van der Waals surface area contributed by atoms with Crippen molar-refractivity contribution >= 4 is 41.2 Å². The van der Waals surface area contributed by atoms with Crippen molar-refractivity contribution in [2.24, 2.45) is 0 Å². The predicted octanol–water partition coefficient (Wildman–Crippen LogP) is 6.66. The van der Waals surface area contributed by atoms with Crippen LogP contribution >= 0.6 is 0 Å². The Labute approximate surface area is 407 Å². The molecule has 6 fully saturated rings. The lowest BCUT2D eigenvalue weighted by molar-refractivity contribution is -0.636. The summed E-state index contributed by atoms with van der Waals surface area (Å²) >= 11 is 0. The molecule has 4 aromatic carbocycles. The van der Waals surface area contributed by atoms with E-state index in [4.69, 9.17) is 9.47 Å². The van der Waals surface area contributed by atoms with Crippen LogP contribution in [0.5, 0.6) is 11.5 Å². The highest BCUT2D eigenvalue weighted by Crippen LogP contribution is 2.43. The van der Waals surface area contributed by atoms with Crippen molar-refractivity contribution in [3.63, 3.8) is 0 Å². The second-order valence-electron chi connectivity index (χ2n) is 20.6. The molecule has 14 heteroatoms. The summed E-state index contributed by atoms with van der Waals surface area (Å²) in [5, 5.41) is 4.78. The second kappa shape index (κ2) is 18.3. The van der Waals surface area contributed by atoms with Crippen LogP contribution in [0.1, 0.15) is 150 Å². The number of amides is 6. The van der Waals surface area contributed by atoms with Gasteiger partial charge in [0.1, 0.15) is 36.2 Å². The molecule has 70 heavy (non-hydrogen) atoms. The van der Waals surface area contributed by atoms with Crippen molar-refractivity contribution in [3.8, 4) is 11.5 Å². The minimum absolute atomic E-state index is 0.0246. The Morgan fingerprint density at radius 3 is 1.76 bits per heavy atom. The highest BCUT2D eigenvalue weighted by atomic mass is 16.5. The zero-order chi connectivity index (χ0) is 47.6. The summed E-state index contributed by atoms with van der Waals surface area (Å²) in [7, 11) is 0. The van der Waals surface area contributed by atoms with E-state index in [1.54, 1.807) is 9.80 Å². The molecule has 14 nitrogen and oxygen atoms in total. The summed E-state index contributed by atoms with van der Waals surface area (Å²) in [6.07, 6.45) is 10.2. The lowest BCUT2D eigenvalue weighted by Crippen LogP contribution is -2.55. The first-order chi connectivity index (χ1) is 34.1. The van der Waals surface area contributed by atoms with Crippen LogP contribution < -0.4 is 20.1 Å². The third-order valence-corrected chi connectivity index (χ3v) is 16.7. The molecule has 2 N–H and O–H groups in total. The smallest absolute Gasteiger partial charge is 0.255 e. The molecule has 8 atom stereocenters. The average Bonchev–Trinajstić information content (AvgIpc) is 3.84. The van der Waals surface area contributed by atoms with E-state index in [0.29, 0.717) is 55.1 Å². The number of likely N-dealkylation sites (tertiary alicyclic amines) is 1. The van der Waals surface area contributed by atoms with Gasteiger partial charge in [-0.1, -0.05) is 61.0 Å². The Hall–Kier alpha value is -6.67. The molecule has 6 aliphatic heterocycles. The molecule has 0 radical (unpaired) electrons. The fraction of sp³-hybridized carbons (Fsp3) is 0.446. The van der Waals surface area contributed by atoms with Gasteiger partial charge in [0.2, 0.25) is 23.6 Å². The number of benzene rings is 4. The first kappa shape index (κ1) is 44.5. The number of rotatable bonds is 10. The van der Waals surface area contributed by atoms with Gasteiger partial charge in [-0.15, -0.1) is 0 Å². The Kier molecular flexibility index (Phi) is 11.6. The number of fused-ring (bicyclic) bond motifs is 2. The van der Waals surface area contributed by atoms with Crippen molar-refractivity contribution in [3.05, 3.63) is 130 Å². The zero-order valence-corrected chi connectivity index (χ0v) is 39.4. The summed E-state index contributed by atoms with van der Waals surface area (Å²) < 4.78 is 16.3. The van der Waals surface area contributed by atoms with Crippen molar-refractivity contribution < 1.29 is 42.8 Å². The predicted molar refractivity (Wildman–Crippen MR) is 257 cm³/mol. The second-order valence-corrected chi connectivity index (χ2v) is 20.6. The molecule has 0 aromatic heterocycles. The first-order valence-electron chi connectivity index (χ1n) is 25.5. The van der Waals surface area contributed by atoms with Gasteiger partial charge in [-0.3, -0.25) is 44.3 Å². The van der Waals surface area contributed by atoms with E-state index in [0.717, 1.165) is 93.5 Å². The molecule has 6 amide bonds. The van der Waals surface area contributed by atoms with Crippen molar-refractivity contribution in [2.75, 3.05) is 13.1 Å². The van der Waals surface area contributed by atoms with E-state index >= 15 is 0 Å². The van der Waals surface area contributed by atoms with Crippen LogP contribution in [-0.2, 0) is 32.3 Å². The molecule has 4 aromatic rings. The Balaban J connectivity index is 0.726. The van der Waals surface area contributed by atoms with E-state index in [-0.39, 0.29) is 54.7 Å². The molecule has 8 aliphatic rings. The maximum atomic E-state index is 13.5. The number of nitrogens with one attached hydrogen (secondary N) is 2. The van der Waals surface area contributed by atoms with Crippen LogP contribution in [0.4, 0.5) is 0 Å². The molecule has 0 bridgehead atoms. The van der Waals surface area contributed by atoms with Gasteiger partial charge in [-0.05, 0) is 116 Å². The molecule has 12 rings (SSSR count). The van der Waals surface area contributed by atoms with E-state index in [1.807, 2.05) is 36.4 Å². The van der Waals surface area contributed by atoms with E-state index in [9.17, 15) is 28.8 Å². The van der Waals surface area contributed by atoms with Gasteiger partial charge >= 0.3 is 0 Å². The first-order valence-corrected chi connectivity index (χ1v) is 25.5. The van der Waals surface area contributed by atoms with Crippen LogP contribution in [0.25, 0.3) is 0 Å². The summed E-state index contributed by atoms with van der Waals surface area (Å²) in [4.78, 5) is 81.6. The number of hydrogen-bond donors (Lipinski definition) is 2. The van der Waals surface area contributed by atoms with Gasteiger partial charge in [-0.25, -0.2) is 4.58 Å². The van der Waals surface area contributed by atoms with E-state index in [2.05, 4.69) is 74.7 Å². The molecule has 2 aliphatic carbocycles. The maximum absolute atomic E-state index is 13.5. The van der Waals surface area contributed by atoms with E-state index in [1.165, 1.54) is 22.4 Å². The van der Waals surface area contributed by atoms with Crippen molar-refractivity contribution in [1.29, 1.82) is 0 Å². The van der Waals surface area contributed by atoms with Gasteiger partial charge < -0.3 is 19.3 Å². The summed E-state index contributed by atoms with van der Waals surface area (Å²) in [6.45, 7) is 2.63. The Bertz CT molecular complexity index is 2830. The zero-order valence-electron chi connectivity index (χ0n) is 39.4. The number of hydrogen-bond acceptors (Lipinski definition) is 9. The van der Waals surface area contributed by atoms with Crippen LogP contribution in [0.15, 0.2) is 91.0 Å². The number of carbonyl (C=O) groups is 6. The minimum atomic E-state index is -0.661. The topological polar surface area (TPSA) is 158 Å². The molecule has 3 unspecified atom stereocenters. The standard InChI is InChI=1S/C56H58N6O8/c63-51-22-19-46(53(65)57-51)61-31-37-28-39(15-17-41(37)55(61)67)69-49-9-5-4-8-45(49)59-26-24-44(59)35-12-10-33(11-13-35)36-14-21-50(48(30-36)60-27-25-43(60)34-6-2-1-3-7-34)70-40-16-18-42-38(29-40)32-62(56(42)68)47-20-23-52(64)58-54(47)66/h1-3,6-7,10-13,15-18,28-29,36,43-47,49-50H,4-5,8-9,14,19-27,30-32H2,(H-,57,58,63,64,65,66)/p+1/t36?,43-,44-,45+,46?,47?,49-,50+/m1/s1. The van der Waals surface area contributed by atoms with Crippen LogP contribution in [0.2, 0.25) is 0 Å². The van der Waals surface area contributed by atoms with E-state index < -0.39 is 23.9 Å². The number of nitrogens with zero attached hydrogens (tertiary/aromatic N) is 4. The molecule has 2 saturated carbocycles. The summed E-state index contributed by atoms with van der Waals surface area (Å²) in [5.74, 6) is 0.0377. The molecular weight excluding hydrogens is 885 g/mol. The third-order valence-electron chi connectivity index (χ3n) is 16.7. The molecule has 0 spiro atoms. The van der Waals surface area contributed by atoms with Gasteiger partial charge in [0.05, 0.1) is 6.42 Å². The fourth-order valence-electron chi connectivity index (χ4n) is 12.8. The quantitative estimate of drug-likeness (QED) is 0.131. The molecule has 6 heterocycles. The number of imide groups is 2. The number of piperidine rings is 2. The lowest BCUT2D eigenvalue weighted by Gasteiger charge is -2.50. The van der Waals surface area contributed by atoms with Gasteiger partial charge in [0.15, 0.2) is 17.9 Å². The van der Waals surface area contributed by atoms with Gasteiger partial charge in [0, 0.05) is 67.7 Å². The normalized spacial score (nSPS) is 30.0. The van der Waals surface area contributed by atoms with Crippen molar-refractivity contribution in [2.45, 2.75) is 145 Å². The molecule has 4 saturated heterocycles. The number of ether oxygens (including phenoxy) is 2. The monoisotopic (exact) mass is 943 g/mol. The lowest BCUT2D eigenvalue weighted by atomic mass is 9.79. The molecular formula is C56H59N6O8+. The summed E-state index contributed by atoms with van der Waals surface area (Å²) in [5.41, 5.74) is 8.17. The van der Waals surface area contributed by atoms with Crippen LogP contribution in [0.3, 0.4) is 0 Å². The van der Waals surface area contributed by atoms with Crippen molar-refractivity contribution in [1.82, 2.24) is 25.3 Å². The Morgan fingerprint density at radius 1 is 0.557 bits per heavy atom. The van der Waals surface area contributed by atoms with Crippen LogP contribution in [0, 0.1) is 0 Å².